The van der Waals surface area contributed by atoms with Crippen molar-refractivity contribution in [1.82, 2.24) is 0 Å². The number of benzene rings is 2. The molecule has 0 bridgehead atoms. The number of hydrogen-bond donors (Lipinski definition) is 0. The Morgan fingerprint density at radius 2 is 1.82 bits per heavy atom. The van der Waals surface area contributed by atoms with Gasteiger partial charge in [0.25, 0.3) is 0 Å². The van der Waals surface area contributed by atoms with E-state index in [2.05, 4.69) is 132 Å². The first kappa shape index (κ1) is 36.5. The van der Waals surface area contributed by atoms with Crippen LogP contribution in [0.15, 0.2) is 106 Å². The molecule has 1 saturated heterocycles. The van der Waals surface area contributed by atoms with Gasteiger partial charge >= 0.3 is 0 Å². The summed E-state index contributed by atoms with van der Waals surface area (Å²) in [5.41, 5.74) is 6.62. The first-order valence-corrected chi connectivity index (χ1v) is 18.1. The minimum absolute atomic E-state index is 0.284. The van der Waals surface area contributed by atoms with Gasteiger partial charge in [0.1, 0.15) is 5.76 Å². The van der Waals surface area contributed by atoms with Crippen molar-refractivity contribution in [2.24, 2.45) is 16.8 Å². The van der Waals surface area contributed by atoms with Gasteiger partial charge in [-0.15, -0.1) is 11.8 Å². The molecule has 3 aliphatic heterocycles. The van der Waals surface area contributed by atoms with Crippen LogP contribution >= 0.6 is 11.8 Å². The van der Waals surface area contributed by atoms with E-state index in [1.165, 1.54) is 52.1 Å². The standard InChI is InChI=1S/C27H31NOS.C9H15N.C5H12/c1-4-23-14-13-21(3)29-26(23)10-6-8-22-7-5-9-25(19-22)30-27-17-18-28(27)24-15-11-20(2)12-16-24;1-3-8(2)9-5-4-6-10-7-9;1-4-5(2)3/h4-7,9-12,15-16,19,21,27H,1,8,13-14,17-18H2,2-3H3;5,7-8H,3-4,6H2,1-2H3;5H,4H2,1-3H3/b10-6-;;. The van der Waals surface area contributed by atoms with Crippen molar-refractivity contribution >= 4 is 23.7 Å². The molecule has 2 aromatic carbocycles. The molecule has 0 aromatic heterocycles. The number of allylic oxidation sites excluding steroid dienone is 5. The van der Waals surface area contributed by atoms with E-state index < -0.39 is 0 Å². The van der Waals surface area contributed by atoms with E-state index in [9.17, 15) is 0 Å². The van der Waals surface area contributed by atoms with Gasteiger partial charge in [0, 0.05) is 29.9 Å². The summed E-state index contributed by atoms with van der Waals surface area (Å²) >= 11 is 1.97. The largest absolute Gasteiger partial charge is 0.490 e. The minimum atomic E-state index is 0.284. The maximum atomic E-state index is 6.00. The highest BCUT2D eigenvalue weighted by Gasteiger charge is 2.29. The maximum absolute atomic E-state index is 6.00. The fourth-order valence-electron chi connectivity index (χ4n) is 5.00. The second-order valence-electron chi connectivity index (χ2n) is 12.8. The lowest BCUT2D eigenvalue weighted by Crippen LogP contribution is -2.45. The van der Waals surface area contributed by atoms with Crippen LogP contribution in [0.3, 0.4) is 0 Å². The van der Waals surface area contributed by atoms with E-state index in [0.29, 0.717) is 11.3 Å². The van der Waals surface area contributed by atoms with Gasteiger partial charge in [-0.2, -0.15) is 0 Å². The number of aryl methyl sites for hydroxylation is 1. The maximum Gasteiger partial charge on any atom is 0.122 e. The van der Waals surface area contributed by atoms with Crippen molar-refractivity contribution in [2.75, 3.05) is 18.0 Å². The van der Waals surface area contributed by atoms with Crippen molar-refractivity contribution in [3.63, 3.8) is 0 Å². The lowest BCUT2D eigenvalue weighted by atomic mass is 9.97. The first-order valence-electron chi connectivity index (χ1n) is 17.2. The molecule has 0 saturated carbocycles. The number of thioether (sulfide) groups is 1. The molecule has 0 spiro atoms. The summed E-state index contributed by atoms with van der Waals surface area (Å²) in [5.74, 6) is 2.57. The molecule has 0 N–H and O–H groups in total. The summed E-state index contributed by atoms with van der Waals surface area (Å²) in [6.45, 7) is 21.4. The van der Waals surface area contributed by atoms with Gasteiger partial charge in [-0.05, 0) is 111 Å². The van der Waals surface area contributed by atoms with Gasteiger partial charge in [0.05, 0.1) is 11.5 Å². The molecule has 2 aromatic rings. The highest BCUT2D eigenvalue weighted by Crippen LogP contribution is 2.37. The van der Waals surface area contributed by atoms with Crippen LogP contribution in [0.1, 0.15) is 91.2 Å². The fraction of sp³-hybridized carbons (Fsp3) is 0.488. The van der Waals surface area contributed by atoms with Crippen molar-refractivity contribution in [3.05, 3.63) is 107 Å². The van der Waals surface area contributed by atoms with E-state index >= 15 is 0 Å². The predicted molar refractivity (Wildman–Crippen MR) is 200 cm³/mol. The molecule has 3 aliphatic rings. The van der Waals surface area contributed by atoms with Crippen LogP contribution in [0.2, 0.25) is 0 Å². The lowest BCUT2D eigenvalue weighted by Gasteiger charge is -2.42. The number of aliphatic imine (C=N–C) groups is 1. The van der Waals surface area contributed by atoms with Crippen molar-refractivity contribution in [1.29, 1.82) is 0 Å². The van der Waals surface area contributed by atoms with Crippen molar-refractivity contribution < 1.29 is 4.74 Å². The van der Waals surface area contributed by atoms with Gasteiger partial charge in [-0.1, -0.05) is 95.7 Å². The quantitative estimate of drug-likeness (QED) is 0.262. The summed E-state index contributed by atoms with van der Waals surface area (Å²) in [5, 5.41) is 0.524. The van der Waals surface area contributed by atoms with Crippen molar-refractivity contribution in [3.8, 4) is 0 Å². The number of nitrogens with zero attached hydrogens (tertiary/aromatic N) is 2. The Balaban J connectivity index is 0.000000304. The SMILES string of the molecule is C=CC1=C(/C=C\Cc2cccc(SC3CCN3c3ccc(C)cc3)c2)OC(C)CC1.CCC(C)C.CCC(C)C1=CCCN=C1. The summed E-state index contributed by atoms with van der Waals surface area (Å²) in [6, 6.07) is 17.8. The molecule has 3 heterocycles. The third-order valence-corrected chi connectivity index (χ3v) is 10.00. The van der Waals surface area contributed by atoms with Crippen LogP contribution in [-0.2, 0) is 11.2 Å². The van der Waals surface area contributed by atoms with E-state index in [-0.39, 0.29) is 6.10 Å². The van der Waals surface area contributed by atoms with Gasteiger partial charge in [0.15, 0.2) is 0 Å². The van der Waals surface area contributed by atoms with Crippen LogP contribution in [0, 0.1) is 18.8 Å². The van der Waals surface area contributed by atoms with Gasteiger partial charge < -0.3 is 9.64 Å². The second kappa shape index (κ2) is 19.5. The summed E-state index contributed by atoms with van der Waals surface area (Å²) in [6.07, 6.45) is 18.8. The Bertz CT molecular complexity index is 1300. The van der Waals surface area contributed by atoms with Crippen molar-refractivity contribution in [2.45, 2.75) is 110 Å². The molecule has 1 fully saturated rings. The zero-order valence-corrected chi connectivity index (χ0v) is 29.9. The average molecular weight is 627 g/mol. The minimum Gasteiger partial charge on any atom is -0.490 e. The topological polar surface area (TPSA) is 24.8 Å². The second-order valence-corrected chi connectivity index (χ2v) is 14.1. The molecule has 3 nitrogen and oxygen atoms in total. The third kappa shape index (κ3) is 12.4. The molecule has 0 radical (unpaired) electrons. The van der Waals surface area contributed by atoms with E-state index in [1.807, 2.05) is 24.1 Å². The molecule has 45 heavy (non-hydrogen) atoms. The fourth-order valence-corrected chi connectivity index (χ4v) is 6.27. The summed E-state index contributed by atoms with van der Waals surface area (Å²) < 4.78 is 6.00. The predicted octanol–water partition coefficient (Wildman–Crippen LogP) is 11.5. The van der Waals surface area contributed by atoms with E-state index in [0.717, 1.165) is 50.4 Å². The number of hydrogen-bond acceptors (Lipinski definition) is 4. The van der Waals surface area contributed by atoms with Gasteiger partial charge in [-0.25, -0.2) is 0 Å². The zero-order valence-electron chi connectivity index (χ0n) is 29.1. The Labute approximate surface area is 279 Å². The highest BCUT2D eigenvalue weighted by molar-refractivity contribution is 8.00. The normalized spacial score (nSPS) is 19.9. The highest BCUT2D eigenvalue weighted by atomic mass is 32.2. The average Bonchev–Trinajstić information content (AvgIpc) is 3.05. The first-order chi connectivity index (χ1) is 21.7. The Kier molecular flexibility index (Phi) is 15.8. The van der Waals surface area contributed by atoms with Crippen LogP contribution in [-0.4, -0.2) is 30.8 Å². The molecular weight excluding hydrogens is 569 g/mol. The molecule has 5 rings (SSSR count). The van der Waals surface area contributed by atoms with Gasteiger partial charge in [0.2, 0.25) is 0 Å². The monoisotopic (exact) mass is 626 g/mol. The zero-order chi connectivity index (χ0) is 32.6. The van der Waals surface area contributed by atoms with E-state index in [1.54, 1.807) is 0 Å². The number of ether oxygens (including phenoxy) is 1. The summed E-state index contributed by atoms with van der Waals surface area (Å²) in [4.78, 5) is 8.08. The molecule has 3 unspecified atom stereocenters. The Hall–Kier alpha value is -2.98. The summed E-state index contributed by atoms with van der Waals surface area (Å²) in [7, 11) is 0. The lowest BCUT2D eigenvalue weighted by molar-refractivity contribution is 0.117. The molecule has 4 heteroatoms. The number of rotatable bonds is 10. The molecule has 3 atom stereocenters. The van der Waals surface area contributed by atoms with E-state index in [4.69, 9.17) is 4.74 Å². The third-order valence-electron chi connectivity index (χ3n) is 8.71. The van der Waals surface area contributed by atoms with Crippen LogP contribution < -0.4 is 4.90 Å². The van der Waals surface area contributed by atoms with Gasteiger partial charge in [-0.3, -0.25) is 4.99 Å². The molecule has 0 amide bonds. The number of dihydropyridines is 1. The Morgan fingerprint density at radius 1 is 1.07 bits per heavy atom. The molecule has 0 aliphatic carbocycles. The smallest absolute Gasteiger partial charge is 0.122 e. The molecule has 244 valence electrons. The van der Waals surface area contributed by atoms with Crippen LogP contribution in [0.25, 0.3) is 0 Å². The Morgan fingerprint density at radius 3 is 2.42 bits per heavy atom. The molecular formula is C41H58N2OS. The van der Waals surface area contributed by atoms with Crippen LogP contribution in [0.4, 0.5) is 5.69 Å². The number of anilines is 1. The van der Waals surface area contributed by atoms with Crippen LogP contribution in [0.5, 0.6) is 0 Å².